The number of phenolic OH excluding ortho intramolecular Hbond substituents is 1. The normalized spacial score (nSPS) is 11.2. The van der Waals surface area contributed by atoms with Gasteiger partial charge >= 0.3 is 7.60 Å². The summed E-state index contributed by atoms with van der Waals surface area (Å²) >= 11 is 0. The summed E-state index contributed by atoms with van der Waals surface area (Å²) in [5.74, 6) is -0.521. The fraction of sp³-hybridized carbons (Fsp3) is 0.235. The van der Waals surface area contributed by atoms with Crippen molar-refractivity contribution < 1.29 is 23.5 Å². The van der Waals surface area contributed by atoms with Crippen LogP contribution in [0.5, 0.6) is 5.75 Å². The second kappa shape index (κ2) is 8.11. The molecular formula is C17H20NO5P. The molecule has 128 valence electrons. The Hall–Kier alpha value is -2.14. The van der Waals surface area contributed by atoms with Crippen molar-refractivity contribution in [3.63, 3.8) is 0 Å². The highest BCUT2D eigenvalue weighted by Crippen LogP contribution is 2.49. The van der Waals surface area contributed by atoms with E-state index in [0.29, 0.717) is 11.3 Å². The molecule has 0 atom stereocenters. The van der Waals surface area contributed by atoms with Crippen LogP contribution in [-0.4, -0.2) is 24.2 Å². The van der Waals surface area contributed by atoms with E-state index in [0.717, 1.165) is 0 Å². The molecule has 0 aliphatic rings. The lowest BCUT2D eigenvalue weighted by molar-refractivity contribution is 0.102. The highest BCUT2D eigenvalue weighted by atomic mass is 31.2. The average Bonchev–Trinajstić information content (AvgIpc) is 2.57. The summed E-state index contributed by atoms with van der Waals surface area (Å²) in [5.41, 5.74) is 0.876. The first-order valence-electron chi connectivity index (χ1n) is 7.59. The SMILES string of the molecule is CCOP(=O)(OCC)c1cc(NC(=O)c2ccccc2)ccc1O. The molecule has 0 aliphatic carbocycles. The van der Waals surface area contributed by atoms with Gasteiger partial charge in [0.2, 0.25) is 0 Å². The molecule has 0 spiro atoms. The Kier molecular flexibility index (Phi) is 6.15. The fourth-order valence-electron chi connectivity index (χ4n) is 2.13. The summed E-state index contributed by atoms with van der Waals surface area (Å²) < 4.78 is 23.3. The van der Waals surface area contributed by atoms with Crippen molar-refractivity contribution in [1.82, 2.24) is 0 Å². The number of rotatable bonds is 7. The largest absolute Gasteiger partial charge is 0.507 e. The summed E-state index contributed by atoms with van der Waals surface area (Å²) in [6.45, 7) is 3.70. The highest BCUT2D eigenvalue weighted by Gasteiger charge is 2.30. The molecule has 0 saturated carbocycles. The molecule has 2 aromatic carbocycles. The van der Waals surface area contributed by atoms with Crippen LogP contribution in [-0.2, 0) is 13.6 Å². The van der Waals surface area contributed by atoms with Crippen LogP contribution in [0.3, 0.4) is 0 Å². The van der Waals surface area contributed by atoms with Crippen molar-refractivity contribution in [2.45, 2.75) is 13.8 Å². The van der Waals surface area contributed by atoms with E-state index >= 15 is 0 Å². The van der Waals surface area contributed by atoms with Crippen LogP contribution in [0.1, 0.15) is 24.2 Å². The van der Waals surface area contributed by atoms with E-state index in [-0.39, 0.29) is 30.2 Å². The molecule has 24 heavy (non-hydrogen) atoms. The number of anilines is 1. The molecule has 7 heteroatoms. The predicted molar refractivity (Wildman–Crippen MR) is 93.0 cm³/mol. The molecule has 0 saturated heterocycles. The average molecular weight is 349 g/mol. The van der Waals surface area contributed by atoms with Gasteiger partial charge in [-0.05, 0) is 44.2 Å². The minimum Gasteiger partial charge on any atom is -0.507 e. The van der Waals surface area contributed by atoms with E-state index in [9.17, 15) is 14.5 Å². The Morgan fingerprint density at radius 1 is 1.08 bits per heavy atom. The molecule has 0 radical (unpaired) electrons. The number of aromatic hydroxyl groups is 1. The third kappa shape index (κ3) is 4.23. The molecule has 0 aliphatic heterocycles. The van der Waals surface area contributed by atoms with Crippen molar-refractivity contribution >= 4 is 24.5 Å². The second-order valence-corrected chi connectivity index (χ2v) is 6.85. The minimum atomic E-state index is -3.65. The number of carbonyl (C=O) groups is 1. The molecule has 0 aromatic heterocycles. The summed E-state index contributed by atoms with van der Waals surface area (Å²) in [4.78, 5) is 12.2. The first kappa shape index (κ1) is 18.2. The smallest absolute Gasteiger partial charge is 0.365 e. The van der Waals surface area contributed by atoms with Crippen LogP contribution in [0.2, 0.25) is 0 Å². The molecule has 0 unspecified atom stereocenters. The van der Waals surface area contributed by atoms with Gasteiger partial charge < -0.3 is 19.5 Å². The summed E-state index contributed by atoms with van der Waals surface area (Å²) in [6, 6.07) is 13.0. The Bertz CT molecular complexity index is 738. The number of benzene rings is 2. The van der Waals surface area contributed by atoms with E-state index in [1.807, 2.05) is 6.07 Å². The van der Waals surface area contributed by atoms with E-state index in [1.54, 1.807) is 38.1 Å². The molecule has 0 fully saturated rings. The molecule has 6 nitrogen and oxygen atoms in total. The van der Waals surface area contributed by atoms with Gasteiger partial charge in [0.15, 0.2) is 0 Å². The topological polar surface area (TPSA) is 84.9 Å². The van der Waals surface area contributed by atoms with Gasteiger partial charge in [0.1, 0.15) is 11.1 Å². The second-order valence-electron chi connectivity index (χ2n) is 4.86. The molecule has 2 aromatic rings. The lowest BCUT2D eigenvalue weighted by Crippen LogP contribution is -2.15. The molecule has 1 amide bonds. The quantitative estimate of drug-likeness (QED) is 0.590. The van der Waals surface area contributed by atoms with Gasteiger partial charge in [0.05, 0.1) is 13.2 Å². The van der Waals surface area contributed by atoms with Gasteiger partial charge in [0, 0.05) is 11.3 Å². The molecular weight excluding hydrogens is 329 g/mol. The van der Waals surface area contributed by atoms with Gasteiger partial charge in [0.25, 0.3) is 5.91 Å². The molecule has 2 N–H and O–H groups in total. The predicted octanol–water partition coefficient (Wildman–Crippen LogP) is 3.54. The minimum absolute atomic E-state index is 0.0251. The molecule has 0 bridgehead atoms. The number of amides is 1. The van der Waals surface area contributed by atoms with Crippen molar-refractivity contribution in [3.05, 3.63) is 54.1 Å². The van der Waals surface area contributed by atoms with Crippen molar-refractivity contribution in [3.8, 4) is 5.75 Å². The van der Waals surface area contributed by atoms with Crippen LogP contribution < -0.4 is 10.6 Å². The molecule has 2 rings (SSSR count). The summed E-state index contributed by atoms with van der Waals surface area (Å²) in [6.07, 6.45) is 0. The Labute approximate surface area is 141 Å². The third-order valence-electron chi connectivity index (χ3n) is 3.16. The molecule has 0 heterocycles. The van der Waals surface area contributed by atoms with Crippen LogP contribution in [0.4, 0.5) is 5.69 Å². The van der Waals surface area contributed by atoms with E-state index in [4.69, 9.17) is 9.05 Å². The van der Waals surface area contributed by atoms with Gasteiger partial charge in [-0.2, -0.15) is 0 Å². The van der Waals surface area contributed by atoms with Crippen LogP contribution >= 0.6 is 7.60 Å². The third-order valence-corrected chi connectivity index (χ3v) is 5.31. The van der Waals surface area contributed by atoms with Crippen molar-refractivity contribution in [1.29, 1.82) is 0 Å². The van der Waals surface area contributed by atoms with Crippen molar-refractivity contribution in [2.24, 2.45) is 0 Å². The van der Waals surface area contributed by atoms with Gasteiger partial charge in [-0.1, -0.05) is 18.2 Å². The van der Waals surface area contributed by atoms with E-state index < -0.39 is 7.60 Å². The van der Waals surface area contributed by atoms with Gasteiger partial charge in [-0.25, -0.2) is 0 Å². The lowest BCUT2D eigenvalue weighted by Gasteiger charge is -2.19. The first-order valence-corrected chi connectivity index (χ1v) is 9.13. The van der Waals surface area contributed by atoms with E-state index in [1.165, 1.54) is 18.2 Å². The maximum Gasteiger partial charge on any atom is 0.365 e. The van der Waals surface area contributed by atoms with Gasteiger partial charge in [-0.15, -0.1) is 0 Å². The van der Waals surface area contributed by atoms with Crippen LogP contribution in [0.15, 0.2) is 48.5 Å². The first-order chi connectivity index (χ1) is 11.5. The Morgan fingerprint density at radius 2 is 1.71 bits per heavy atom. The summed E-state index contributed by atoms with van der Waals surface area (Å²) in [5, 5.41) is 12.8. The number of hydrogen-bond donors (Lipinski definition) is 2. The monoisotopic (exact) mass is 349 g/mol. The summed E-state index contributed by atoms with van der Waals surface area (Å²) in [7, 11) is -3.65. The van der Waals surface area contributed by atoms with Gasteiger partial charge in [-0.3, -0.25) is 9.36 Å². The highest BCUT2D eigenvalue weighted by molar-refractivity contribution is 7.62. The van der Waals surface area contributed by atoms with Crippen LogP contribution in [0, 0.1) is 0 Å². The number of carbonyl (C=O) groups excluding carboxylic acids is 1. The van der Waals surface area contributed by atoms with Crippen molar-refractivity contribution in [2.75, 3.05) is 18.5 Å². The maximum absolute atomic E-state index is 12.8. The standard InChI is InChI=1S/C17H20NO5P/c1-3-22-24(21,23-4-2)16-12-14(10-11-15(16)19)18-17(20)13-8-6-5-7-9-13/h5-12,19H,3-4H2,1-2H3,(H,18,20). The maximum atomic E-state index is 12.8. The fourth-order valence-corrected chi connectivity index (χ4v) is 3.81. The number of nitrogens with one attached hydrogen (secondary N) is 1. The number of hydrogen-bond acceptors (Lipinski definition) is 5. The Balaban J connectivity index is 2.31. The number of phenols is 1. The Morgan fingerprint density at radius 3 is 2.29 bits per heavy atom. The van der Waals surface area contributed by atoms with Crippen LogP contribution in [0.25, 0.3) is 0 Å². The zero-order chi connectivity index (χ0) is 17.6. The lowest BCUT2D eigenvalue weighted by atomic mass is 10.2. The zero-order valence-corrected chi connectivity index (χ0v) is 14.5. The zero-order valence-electron chi connectivity index (χ0n) is 13.6. The van der Waals surface area contributed by atoms with E-state index in [2.05, 4.69) is 5.32 Å².